The fraction of sp³-hybridized carbons (Fsp3) is 0.250. The van der Waals surface area contributed by atoms with Gasteiger partial charge in [-0.3, -0.25) is 10.1 Å². The van der Waals surface area contributed by atoms with Gasteiger partial charge in [0, 0.05) is 18.7 Å². The van der Waals surface area contributed by atoms with Crippen LogP contribution in [-0.2, 0) is 0 Å². The van der Waals surface area contributed by atoms with E-state index in [-0.39, 0.29) is 5.69 Å². The van der Waals surface area contributed by atoms with Crippen LogP contribution in [0.3, 0.4) is 0 Å². The van der Waals surface area contributed by atoms with E-state index in [0.29, 0.717) is 10.6 Å². The minimum Gasteiger partial charge on any atom is -0.400 e. The van der Waals surface area contributed by atoms with Crippen LogP contribution < -0.4 is 0 Å². The van der Waals surface area contributed by atoms with Crippen LogP contribution in [0.15, 0.2) is 18.2 Å². The van der Waals surface area contributed by atoms with Crippen molar-refractivity contribution < 1.29 is 10.0 Å². The number of rotatable bonds is 1. The summed E-state index contributed by atoms with van der Waals surface area (Å²) in [5.74, 6) is 0. The summed E-state index contributed by atoms with van der Waals surface area (Å²) >= 11 is 5.65. The lowest BCUT2D eigenvalue weighted by atomic mass is 10.2. The van der Waals surface area contributed by atoms with Gasteiger partial charge in [0.15, 0.2) is 0 Å². The van der Waals surface area contributed by atoms with Gasteiger partial charge >= 0.3 is 0 Å². The van der Waals surface area contributed by atoms with Crippen molar-refractivity contribution in [3.05, 3.63) is 38.9 Å². The highest BCUT2D eigenvalue weighted by atomic mass is 35.5. The lowest BCUT2D eigenvalue weighted by Crippen LogP contribution is -1.90. The number of nitro groups is 1. The van der Waals surface area contributed by atoms with Crippen molar-refractivity contribution in [1.29, 1.82) is 0 Å². The molecule has 0 fully saturated rings. The number of benzene rings is 1. The monoisotopic (exact) mass is 203 g/mol. The van der Waals surface area contributed by atoms with Crippen LogP contribution in [0.5, 0.6) is 0 Å². The summed E-state index contributed by atoms with van der Waals surface area (Å²) in [6, 6.07) is 4.62. The zero-order valence-electron chi connectivity index (χ0n) is 7.32. The van der Waals surface area contributed by atoms with Crippen molar-refractivity contribution in [3.8, 4) is 0 Å². The molecule has 0 amide bonds. The fourth-order valence-corrected chi connectivity index (χ4v) is 0.963. The van der Waals surface area contributed by atoms with Crippen molar-refractivity contribution in [1.82, 2.24) is 0 Å². The standard InChI is InChI=1S/C7H6ClNO2.CH4O/c1-5-6(8)3-2-4-7(5)9(10)11;1-2/h2-4H,1H3;2H,1H3. The van der Waals surface area contributed by atoms with Crippen molar-refractivity contribution in [3.63, 3.8) is 0 Å². The molecule has 0 saturated carbocycles. The van der Waals surface area contributed by atoms with Crippen LogP contribution in [0, 0.1) is 17.0 Å². The molecule has 4 nitrogen and oxygen atoms in total. The molecule has 72 valence electrons. The number of hydrogen-bond donors (Lipinski definition) is 1. The zero-order valence-corrected chi connectivity index (χ0v) is 8.08. The Morgan fingerprint density at radius 2 is 2.00 bits per heavy atom. The molecule has 1 aromatic rings. The van der Waals surface area contributed by atoms with Crippen LogP contribution in [0.4, 0.5) is 5.69 Å². The van der Waals surface area contributed by atoms with Gasteiger partial charge in [-0.2, -0.15) is 0 Å². The van der Waals surface area contributed by atoms with Crippen LogP contribution in [0.1, 0.15) is 5.56 Å². The summed E-state index contributed by atoms with van der Waals surface area (Å²) in [7, 11) is 1.00. The second kappa shape index (κ2) is 5.50. The minimum absolute atomic E-state index is 0.0671. The predicted molar refractivity (Wildman–Crippen MR) is 51.0 cm³/mol. The van der Waals surface area contributed by atoms with E-state index in [9.17, 15) is 10.1 Å². The topological polar surface area (TPSA) is 63.4 Å². The van der Waals surface area contributed by atoms with Gasteiger partial charge < -0.3 is 5.11 Å². The Morgan fingerprint density at radius 3 is 2.38 bits per heavy atom. The van der Waals surface area contributed by atoms with Gasteiger partial charge in [-0.05, 0) is 13.0 Å². The van der Waals surface area contributed by atoms with E-state index in [1.54, 1.807) is 19.1 Å². The maximum atomic E-state index is 10.3. The first-order chi connectivity index (χ1) is 6.13. The average molecular weight is 204 g/mol. The number of halogens is 1. The van der Waals surface area contributed by atoms with Crippen molar-refractivity contribution in [2.75, 3.05) is 7.11 Å². The maximum absolute atomic E-state index is 10.3. The Labute approximate surface area is 80.9 Å². The molecule has 0 atom stereocenters. The van der Waals surface area contributed by atoms with E-state index in [2.05, 4.69) is 0 Å². The SMILES string of the molecule is CO.Cc1c(Cl)cccc1[N+](=O)[O-]. The first kappa shape index (κ1) is 11.9. The summed E-state index contributed by atoms with van der Waals surface area (Å²) < 4.78 is 0. The summed E-state index contributed by atoms with van der Waals surface area (Å²) in [5, 5.41) is 17.8. The van der Waals surface area contributed by atoms with E-state index >= 15 is 0 Å². The van der Waals surface area contributed by atoms with Gasteiger partial charge in [0.2, 0.25) is 0 Å². The van der Waals surface area contributed by atoms with Crippen LogP contribution in [0.25, 0.3) is 0 Å². The molecule has 0 aliphatic carbocycles. The van der Waals surface area contributed by atoms with E-state index in [4.69, 9.17) is 16.7 Å². The third-order valence-electron chi connectivity index (χ3n) is 1.44. The van der Waals surface area contributed by atoms with Crippen molar-refractivity contribution >= 4 is 17.3 Å². The Morgan fingerprint density at radius 1 is 1.46 bits per heavy atom. The molecule has 0 radical (unpaired) electrons. The fourth-order valence-electron chi connectivity index (χ4n) is 0.794. The van der Waals surface area contributed by atoms with Gasteiger partial charge in [-0.15, -0.1) is 0 Å². The molecule has 0 unspecified atom stereocenters. The summed E-state index contributed by atoms with van der Waals surface area (Å²) in [4.78, 5) is 9.88. The molecule has 1 aromatic carbocycles. The molecule has 1 N–H and O–H groups in total. The second-order valence-electron chi connectivity index (χ2n) is 2.14. The Hall–Kier alpha value is -1.13. The molecule has 0 heterocycles. The normalized spacial score (nSPS) is 8.62. The van der Waals surface area contributed by atoms with Gasteiger partial charge in [0.25, 0.3) is 5.69 Å². The van der Waals surface area contributed by atoms with Gasteiger partial charge in [0.05, 0.1) is 9.95 Å². The molecule has 5 heteroatoms. The summed E-state index contributed by atoms with van der Waals surface area (Å²) in [6.07, 6.45) is 0. The number of nitro benzene ring substituents is 1. The number of aliphatic hydroxyl groups is 1. The third-order valence-corrected chi connectivity index (χ3v) is 1.85. The van der Waals surface area contributed by atoms with Gasteiger partial charge in [0.1, 0.15) is 0 Å². The average Bonchev–Trinajstić information content (AvgIpc) is 2.13. The molecule has 13 heavy (non-hydrogen) atoms. The Balaban J connectivity index is 0.000000671. The quantitative estimate of drug-likeness (QED) is 0.562. The molecule has 0 aromatic heterocycles. The van der Waals surface area contributed by atoms with Crippen LogP contribution in [0.2, 0.25) is 5.02 Å². The molecule has 1 rings (SSSR count). The largest absolute Gasteiger partial charge is 0.400 e. The number of aliphatic hydroxyl groups excluding tert-OH is 1. The molecular weight excluding hydrogens is 194 g/mol. The second-order valence-corrected chi connectivity index (χ2v) is 2.55. The highest BCUT2D eigenvalue weighted by molar-refractivity contribution is 6.31. The van der Waals surface area contributed by atoms with E-state index in [1.165, 1.54) is 6.07 Å². The van der Waals surface area contributed by atoms with Crippen LogP contribution >= 0.6 is 11.6 Å². The Bertz CT molecular complexity index is 301. The third kappa shape index (κ3) is 3.01. The molecule has 0 saturated heterocycles. The summed E-state index contributed by atoms with van der Waals surface area (Å²) in [6.45, 7) is 1.63. The number of nitrogens with zero attached hydrogens (tertiary/aromatic N) is 1. The summed E-state index contributed by atoms with van der Waals surface area (Å²) in [5.41, 5.74) is 0.580. The predicted octanol–water partition coefficient (Wildman–Crippen LogP) is 2.17. The molecule has 0 aliphatic rings. The van der Waals surface area contributed by atoms with Gasteiger partial charge in [-0.25, -0.2) is 0 Å². The first-order valence-corrected chi connectivity index (χ1v) is 3.85. The molecular formula is C8H10ClNO3. The van der Waals surface area contributed by atoms with E-state index in [0.717, 1.165) is 7.11 Å². The van der Waals surface area contributed by atoms with Gasteiger partial charge in [-0.1, -0.05) is 17.7 Å². The van der Waals surface area contributed by atoms with Crippen molar-refractivity contribution in [2.45, 2.75) is 6.92 Å². The highest BCUT2D eigenvalue weighted by Gasteiger charge is 2.10. The lowest BCUT2D eigenvalue weighted by molar-refractivity contribution is -0.385. The minimum atomic E-state index is -0.443. The highest BCUT2D eigenvalue weighted by Crippen LogP contribution is 2.24. The first-order valence-electron chi connectivity index (χ1n) is 3.47. The molecule has 0 aliphatic heterocycles. The van der Waals surface area contributed by atoms with E-state index < -0.39 is 4.92 Å². The Kier molecular flexibility index (Phi) is 5.03. The molecule has 0 spiro atoms. The van der Waals surface area contributed by atoms with Crippen molar-refractivity contribution in [2.24, 2.45) is 0 Å². The smallest absolute Gasteiger partial charge is 0.273 e. The van der Waals surface area contributed by atoms with Crippen LogP contribution in [-0.4, -0.2) is 17.1 Å². The zero-order chi connectivity index (χ0) is 10.4. The van der Waals surface area contributed by atoms with E-state index in [1.807, 2.05) is 0 Å². The number of hydrogen-bond acceptors (Lipinski definition) is 3. The molecule has 0 bridgehead atoms. The lowest BCUT2D eigenvalue weighted by Gasteiger charge is -1.96. The maximum Gasteiger partial charge on any atom is 0.273 e.